The summed E-state index contributed by atoms with van der Waals surface area (Å²) in [4.78, 5) is 23.4. The minimum Gasteiger partial charge on any atom is -0.497 e. The van der Waals surface area contributed by atoms with Crippen LogP contribution < -0.4 is 25.2 Å². The summed E-state index contributed by atoms with van der Waals surface area (Å²) in [5.74, 6) is 1.14. The molecule has 0 aliphatic rings. The van der Waals surface area contributed by atoms with E-state index in [-0.39, 0.29) is 12.5 Å². The number of methoxy groups -OCH3 is 2. The van der Waals surface area contributed by atoms with Crippen molar-refractivity contribution in [3.05, 3.63) is 59.0 Å². The first kappa shape index (κ1) is 17.3. The summed E-state index contributed by atoms with van der Waals surface area (Å²) in [7, 11) is 3.05. The standard InChI is InChI=1S/C19H17NO6/c1-23-13-6-7-16(24-2)15(9-13)20-18(21)11-25-14-5-3-12-4-8-19(22)26-17(12)10-14/h3-10H,11H2,1-2H3,(H,20,21). The van der Waals surface area contributed by atoms with E-state index in [0.29, 0.717) is 28.5 Å². The Hall–Kier alpha value is -3.48. The van der Waals surface area contributed by atoms with Crippen LogP contribution in [0.1, 0.15) is 0 Å². The smallest absolute Gasteiger partial charge is 0.336 e. The van der Waals surface area contributed by atoms with E-state index in [4.69, 9.17) is 18.6 Å². The number of hydrogen-bond acceptors (Lipinski definition) is 6. The maximum Gasteiger partial charge on any atom is 0.336 e. The molecule has 1 N–H and O–H groups in total. The number of benzene rings is 2. The van der Waals surface area contributed by atoms with E-state index < -0.39 is 5.63 Å². The molecule has 26 heavy (non-hydrogen) atoms. The Bertz CT molecular complexity index is 995. The van der Waals surface area contributed by atoms with Crippen LogP contribution in [0.4, 0.5) is 5.69 Å². The van der Waals surface area contributed by atoms with Gasteiger partial charge >= 0.3 is 5.63 Å². The number of fused-ring (bicyclic) bond motifs is 1. The van der Waals surface area contributed by atoms with Crippen molar-refractivity contribution >= 4 is 22.6 Å². The summed E-state index contributed by atoms with van der Waals surface area (Å²) in [6, 6.07) is 13.1. The van der Waals surface area contributed by atoms with E-state index in [0.717, 1.165) is 5.39 Å². The SMILES string of the molecule is COc1ccc(OC)c(NC(=O)COc2ccc3ccc(=O)oc3c2)c1. The van der Waals surface area contributed by atoms with Gasteiger partial charge in [-0.15, -0.1) is 0 Å². The normalized spacial score (nSPS) is 10.4. The van der Waals surface area contributed by atoms with Crippen LogP contribution in [0.3, 0.4) is 0 Å². The summed E-state index contributed by atoms with van der Waals surface area (Å²) < 4.78 is 20.9. The molecule has 7 nitrogen and oxygen atoms in total. The number of nitrogens with one attached hydrogen (secondary N) is 1. The van der Waals surface area contributed by atoms with E-state index in [9.17, 15) is 9.59 Å². The van der Waals surface area contributed by atoms with Gasteiger partial charge in [0.1, 0.15) is 22.8 Å². The summed E-state index contributed by atoms with van der Waals surface area (Å²) in [6.45, 7) is -0.219. The molecule has 1 aromatic heterocycles. The third-order valence-corrected chi connectivity index (χ3v) is 3.65. The summed E-state index contributed by atoms with van der Waals surface area (Å²) in [5.41, 5.74) is 0.423. The largest absolute Gasteiger partial charge is 0.497 e. The van der Waals surface area contributed by atoms with Crippen LogP contribution in [-0.2, 0) is 4.79 Å². The number of amides is 1. The van der Waals surface area contributed by atoms with Gasteiger partial charge in [-0.25, -0.2) is 4.79 Å². The Morgan fingerprint density at radius 2 is 1.77 bits per heavy atom. The fourth-order valence-electron chi connectivity index (χ4n) is 2.38. The molecular formula is C19H17NO6. The lowest BCUT2D eigenvalue weighted by Crippen LogP contribution is -2.20. The monoisotopic (exact) mass is 355 g/mol. The molecule has 0 saturated carbocycles. The number of hydrogen-bond donors (Lipinski definition) is 1. The molecule has 134 valence electrons. The molecule has 3 rings (SSSR count). The van der Waals surface area contributed by atoms with E-state index in [1.54, 1.807) is 42.5 Å². The first-order chi connectivity index (χ1) is 12.6. The van der Waals surface area contributed by atoms with Gasteiger partial charge in [-0.05, 0) is 30.3 Å². The van der Waals surface area contributed by atoms with Gasteiger partial charge in [-0.1, -0.05) is 0 Å². The van der Waals surface area contributed by atoms with Gasteiger partial charge in [0, 0.05) is 23.6 Å². The molecule has 0 bridgehead atoms. The average molecular weight is 355 g/mol. The maximum atomic E-state index is 12.2. The third kappa shape index (κ3) is 3.94. The van der Waals surface area contributed by atoms with Crippen molar-refractivity contribution in [1.29, 1.82) is 0 Å². The molecule has 0 spiro atoms. The van der Waals surface area contributed by atoms with E-state index in [2.05, 4.69) is 5.32 Å². The number of carbonyl (C=O) groups is 1. The first-order valence-corrected chi connectivity index (χ1v) is 7.77. The van der Waals surface area contributed by atoms with Crippen molar-refractivity contribution in [1.82, 2.24) is 0 Å². The highest BCUT2D eigenvalue weighted by Gasteiger charge is 2.10. The predicted molar refractivity (Wildman–Crippen MR) is 96.2 cm³/mol. The summed E-state index contributed by atoms with van der Waals surface area (Å²) in [6.07, 6.45) is 0. The van der Waals surface area contributed by atoms with Gasteiger partial charge in [0.25, 0.3) is 5.91 Å². The Morgan fingerprint density at radius 1 is 1.00 bits per heavy atom. The molecule has 3 aromatic rings. The molecule has 0 atom stereocenters. The van der Waals surface area contributed by atoms with Crippen molar-refractivity contribution in [2.75, 3.05) is 26.1 Å². The Morgan fingerprint density at radius 3 is 2.54 bits per heavy atom. The molecule has 0 fully saturated rings. The van der Waals surface area contributed by atoms with Crippen molar-refractivity contribution in [2.45, 2.75) is 0 Å². The van der Waals surface area contributed by atoms with Gasteiger partial charge in [0.2, 0.25) is 0 Å². The van der Waals surface area contributed by atoms with Crippen molar-refractivity contribution in [3.63, 3.8) is 0 Å². The molecule has 7 heteroatoms. The highest BCUT2D eigenvalue weighted by atomic mass is 16.5. The van der Waals surface area contributed by atoms with Crippen molar-refractivity contribution in [2.24, 2.45) is 0 Å². The zero-order valence-corrected chi connectivity index (χ0v) is 14.3. The molecule has 1 amide bonds. The molecule has 2 aromatic carbocycles. The quantitative estimate of drug-likeness (QED) is 0.684. The first-order valence-electron chi connectivity index (χ1n) is 7.77. The second kappa shape index (κ2) is 7.60. The van der Waals surface area contributed by atoms with Crippen molar-refractivity contribution in [3.8, 4) is 17.2 Å². The van der Waals surface area contributed by atoms with Crippen LogP contribution in [0.15, 0.2) is 57.7 Å². The van der Waals surface area contributed by atoms with Crippen molar-refractivity contribution < 1.29 is 23.4 Å². The Kier molecular flexibility index (Phi) is 5.07. The molecular weight excluding hydrogens is 338 g/mol. The minimum absolute atomic E-state index is 0.219. The topological polar surface area (TPSA) is 87.0 Å². The Labute approximate surface area is 149 Å². The number of ether oxygens (including phenoxy) is 3. The molecule has 0 saturated heterocycles. The lowest BCUT2D eigenvalue weighted by Gasteiger charge is -2.12. The van der Waals surface area contributed by atoms with Gasteiger partial charge in [-0.2, -0.15) is 0 Å². The van der Waals surface area contributed by atoms with Gasteiger partial charge in [0.15, 0.2) is 6.61 Å². The second-order valence-electron chi connectivity index (χ2n) is 5.36. The molecule has 0 radical (unpaired) electrons. The van der Waals surface area contributed by atoms with Crippen LogP contribution in [-0.4, -0.2) is 26.7 Å². The number of carbonyl (C=O) groups excluding carboxylic acids is 1. The van der Waals surface area contributed by atoms with Crippen LogP contribution >= 0.6 is 0 Å². The lowest BCUT2D eigenvalue weighted by atomic mass is 10.2. The highest BCUT2D eigenvalue weighted by Crippen LogP contribution is 2.28. The zero-order valence-electron chi connectivity index (χ0n) is 14.3. The van der Waals surface area contributed by atoms with Crippen LogP contribution in [0.5, 0.6) is 17.2 Å². The summed E-state index contributed by atoms with van der Waals surface area (Å²) >= 11 is 0. The molecule has 0 unspecified atom stereocenters. The zero-order chi connectivity index (χ0) is 18.5. The van der Waals surface area contributed by atoms with E-state index in [1.807, 2.05) is 0 Å². The third-order valence-electron chi connectivity index (χ3n) is 3.65. The van der Waals surface area contributed by atoms with E-state index >= 15 is 0 Å². The van der Waals surface area contributed by atoms with Gasteiger partial charge < -0.3 is 23.9 Å². The predicted octanol–water partition coefficient (Wildman–Crippen LogP) is 2.83. The average Bonchev–Trinajstić information content (AvgIpc) is 2.65. The second-order valence-corrected chi connectivity index (χ2v) is 5.36. The van der Waals surface area contributed by atoms with E-state index in [1.165, 1.54) is 20.3 Å². The number of anilines is 1. The fourth-order valence-corrected chi connectivity index (χ4v) is 2.38. The minimum atomic E-state index is -0.447. The molecule has 0 aliphatic carbocycles. The number of rotatable bonds is 6. The lowest BCUT2D eigenvalue weighted by molar-refractivity contribution is -0.118. The fraction of sp³-hybridized carbons (Fsp3) is 0.158. The van der Waals surface area contributed by atoms with Crippen LogP contribution in [0.25, 0.3) is 11.0 Å². The highest BCUT2D eigenvalue weighted by molar-refractivity contribution is 5.93. The van der Waals surface area contributed by atoms with Crippen LogP contribution in [0.2, 0.25) is 0 Å². The maximum absolute atomic E-state index is 12.2. The van der Waals surface area contributed by atoms with Gasteiger partial charge in [0.05, 0.1) is 19.9 Å². The molecule has 1 heterocycles. The van der Waals surface area contributed by atoms with Crippen LogP contribution in [0, 0.1) is 0 Å². The molecule has 0 aliphatic heterocycles. The Balaban J connectivity index is 1.68. The van der Waals surface area contributed by atoms with Gasteiger partial charge in [-0.3, -0.25) is 4.79 Å². The summed E-state index contributed by atoms with van der Waals surface area (Å²) in [5, 5.41) is 3.48.